The minimum absolute atomic E-state index is 0.0528. The van der Waals surface area contributed by atoms with E-state index in [1.54, 1.807) is 0 Å². The fourth-order valence-electron chi connectivity index (χ4n) is 1.51. The lowest BCUT2D eigenvalue weighted by atomic mass is 10.0. The number of aryl methyl sites for hydroxylation is 1. The maximum atomic E-state index is 11.8. The van der Waals surface area contributed by atoms with Crippen molar-refractivity contribution < 1.29 is 9.90 Å². The smallest absolute Gasteiger partial charge is 0.330 e. The van der Waals surface area contributed by atoms with Gasteiger partial charge in [0.1, 0.15) is 6.04 Å². The number of rotatable bonds is 4. The third kappa shape index (κ3) is 2.57. The van der Waals surface area contributed by atoms with Gasteiger partial charge in [0.2, 0.25) is 0 Å². The Morgan fingerprint density at radius 3 is 2.56 bits per heavy atom. The van der Waals surface area contributed by atoms with Crippen molar-refractivity contribution >= 4 is 11.5 Å². The molecule has 1 aromatic heterocycles. The number of nitrogens with zero attached hydrogens (tertiary/aromatic N) is 2. The van der Waals surface area contributed by atoms with Gasteiger partial charge in [-0.3, -0.25) is 14.2 Å². The zero-order valence-corrected chi connectivity index (χ0v) is 10.2. The first-order chi connectivity index (χ1) is 8.25. The van der Waals surface area contributed by atoms with Gasteiger partial charge in [0.05, 0.1) is 5.56 Å². The Labute approximate surface area is 103 Å². The maximum absolute atomic E-state index is 11.8. The topological polar surface area (TPSA) is 107 Å². The van der Waals surface area contributed by atoms with Crippen LogP contribution in [0.3, 0.4) is 0 Å². The highest BCUT2D eigenvalue weighted by molar-refractivity contribution is 5.77. The largest absolute Gasteiger partial charge is 0.480 e. The Kier molecular flexibility index (Phi) is 3.87. The summed E-state index contributed by atoms with van der Waals surface area (Å²) in [7, 11) is 2.84. The Morgan fingerprint density at radius 1 is 1.50 bits per heavy atom. The van der Waals surface area contributed by atoms with Gasteiger partial charge in [-0.05, 0) is 12.0 Å². The molecule has 1 aromatic rings. The van der Waals surface area contributed by atoms with Crippen LogP contribution in [0.5, 0.6) is 0 Å². The molecule has 0 aliphatic rings. The van der Waals surface area contributed by atoms with Gasteiger partial charge in [0, 0.05) is 20.3 Å². The quantitative estimate of drug-likeness (QED) is 0.708. The second-order valence-electron chi connectivity index (χ2n) is 4.05. The van der Waals surface area contributed by atoms with Gasteiger partial charge in [-0.2, -0.15) is 0 Å². The summed E-state index contributed by atoms with van der Waals surface area (Å²) in [6.45, 7) is 3.65. The number of nitrogens with two attached hydrogens (primary N) is 1. The van der Waals surface area contributed by atoms with Crippen LogP contribution in [-0.4, -0.2) is 26.3 Å². The van der Waals surface area contributed by atoms with Gasteiger partial charge in [-0.15, -0.1) is 0 Å². The average molecular weight is 253 g/mol. The fourth-order valence-corrected chi connectivity index (χ4v) is 1.51. The molecule has 1 unspecified atom stereocenters. The lowest BCUT2D eigenvalue weighted by Crippen LogP contribution is -2.38. The van der Waals surface area contributed by atoms with E-state index >= 15 is 0 Å². The summed E-state index contributed by atoms with van der Waals surface area (Å²) < 4.78 is 2.17. The number of aliphatic carboxylic acids is 1. The van der Waals surface area contributed by atoms with Crippen LogP contribution in [0, 0.1) is 0 Å². The zero-order chi connectivity index (χ0) is 14.0. The molecule has 98 valence electrons. The Hall–Kier alpha value is -2.15. The van der Waals surface area contributed by atoms with E-state index in [9.17, 15) is 14.4 Å². The summed E-state index contributed by atoms with van der Waals surface area (Å²) in [6, 6.07) is -1.13. The van der Waals surface area contributed by atoms with Crippen molar-refractivity contribution in [2.24, 2.45) is 19.8 Å². The maximum Gasteiger partial charge on any atom is 0.330 e. The molecule has 0 radical (unpaired) electrons. The van der Waals surface area contributed by atoms with Crippen molar-refractivity contribution in [3.05, 3.63) is 39.2 Å². The van der Waals surface area contributed by atoms with Crippen molar-refractivity contribution in [2.45, 2.75) is 12.5 Å². The second kappa shape index (κ2) is 5.01. The molecule has 0 saturated heterocycles. The van der Waals surface area contributed by atoms with Crippen molar-refractivity contribution in [3.63, 3.8) is 0 Å². The molecular formula is C11H15N3O4. The van der Waals surface area contributed by atoms with Gasteiger partial charge in [-0.25, -0.2) is 4.79 Å². The monoisotopic (exact) mass is 253 g/mol. The fraction of sp³-hybridized carbons (Fsp3) is 0.364. The van der Waals surface area contributed by atoms with Gasteiger partial charge < -0.3 is 15.4 Å². The lowest BCUT2D eigenvalue weighted by Gasteiger charge is -2.11. The molecule has 0 aliphatic heterocycles. The van der Waals surface area contributed by atoms with E-state index in [2.05, 4.69) is 6.58 Å². The van der Waals surface area contributed by atoms with E-state index in [1.807, 2.05) is 0 Å². The van der Waals surface area contributed by atoms with E-state index in [0.29, 0.717) is 5.57 Å². The molecule has 3 N–H and O–H groups in total. The van der Waals surface area contributed by atoms with E-state index in [4.69, 9.17) is 10.8 Å². The molecule has 0 spiro atoms. The molecule has 7 heteroatoms. The molecule has 0 fully saturated rings. The normalized spacial score (nSPS) is 12.2. The van der Waals surface area contributed by atoms with Crippen LogP contribution >= 0.6 is 0 Å². The third-order valence-corrected chi connectivity index (χ3v) is 2.61. The van der Waals surface area contributed by atoms with E-state index in [0.717, 1.165) is 4.57 Å². The highest BCUT2D eigenvalue weighted by Crippen LogP contribution is 2.12. The first kappa shape index (κ1) is 13.9. The molecule has 1 heterocycles. The number of hydrogen-bond donors (Lipinski definition) is 2. The van der Waals surface area contributed by atoms with Crippen LogP contribution in [0.15, 0.2) is 22.4 Å². The van der Waals surface area contributed by atoms with Crippen LogP contribution in [0.25, 0.3) is 5.57 Å². The van der Waals surface area contributed by atoms with Crippen molar-refractivity contribution in [2.75, 3.05) is 0 Å². The molecule has 0 aromatic carbocycles. The summed E-state index contributed by atoms with van der Waals surface area (Å²) >= 11 is 0. The highest BCUT2D eigenvalue weighted by atomic mass is 16.4. The molecule has 1 rings (SSSR count). The highest BCUT2D eigenvalue weighted by Gasteiger charge is 2.16. The lowest BCUT2D eigenvalue weighted by molar-refractivity contribution is -0.138. The Balaban J connectivity index is 3.20. The van der Waals surface area contributed by atoms with Gasteiger partial charge >= 0.3 is 11.7 Å². The van der Waals surface area contributed by atoms with Crippen LogP contribution in [0.4, 0.5) is 0 Å². The summed E-state index contributed by atoms with van der Waals surface area (Å²) in [5, 5.41) is 8.70. The second-order valence-corrected chi connectivity index (χ2v) is 4.05. The SMILES string of the molecule is C=C(CC(N)C(=O)O)c1cn(C)c(=O)n(C)c1=O. The molecule has 0 bridgehead atoms. The molecule has 1 atom stereocenters. The number of carboxylic acid groups (broad SMARTS) is 1. The van der Waals surface area contributed by atoms with Crippen LogP contribution < -0.4 is 17.0 Å². The molecular weight excluding hydrogens is 238 g/mol. The number of aromatic nitrogens is 2. The summed E-state index contributed by atoms with van der Waals surface area (Å²) in [4.78, 5) is 33.9. The van der Waals surface area contributed by atoms with E-state index in [-0.39, 0.29) is 12.0 Å². The molecule has 0 aliphatic carbocycles. The number of carbonyl (C=O) groups is 1. The van der Waals surface area contributed by atoms with Crippen molar-refractivity contribution in [1.29, 1.82) is 0 Å². The van der Waals surface area contributed by atoms with Gasteiger partial charge in [0.25, 0.3) is 5.56 Å². The molecule has 0 saturated carbocycles. The number of hydrogen-bond acceptors (Lipinski definition) is 4. The van der Waals surface area contributed by atoms with E-state index < -0.39 is 23.3 Å². The van der Waals surface area contributed by atoms with E-state index in [1.165, 1.54) is 24.9 Å². The minimum Gasteiger partial charge on any atom is -0.480 e. The Bertz CT molecular complexity index is 612. The molecule has 18 heavy (non-hydrogen) atoms. The summed E-state index contributed by atoms with van der Waals surface area (Å²) in [5.41, 5.74) is 4.88. The Morgan fingerprint density at radius 2 is 2.06 bits per heavy atom. The average Bonchev–Trinajstić information content (AvgIpc) is 2.30. The van der Waals surface area contributed by atoms with Crippen LogP contribution in [-0.2, 0) is 18.9 Å². The van der Waals surface area contributed by atoms with Crippen LogP contribution in [0.2, 0.25) is 0 Å². The zero-order valence-electron chi connectivity index (χ0n) is 10.2. The summed E-state index contributed by atoms with van der Waals surface area (Å²) in [6.07, 6.45) is 1.28. The standard InChI is InChI=1S/C11H15N3O4/c1-6(4-8(12)10(16)17)7-5-13(2)11(18)14(3)9(7)15/h5,8H,1,4,12H2,2-3H3,(H,16,17). The molecule has 7 nitrogen and oxygen atoms in total. The first-order valence-corrected chi connectivity index (χ1v) is 5.19. The minimum atomic E-state index is -1.17. The number of carboxylic acids is 1. The third-order valence-electron chi connectivity index (χ3n) is 2.61. The van der Waals surface area contributed by atoms with Crippen molar-refractivity contribution in [3.8, 4) is 0 Å². The predicted octanol–water partition coefficient (Wildman–Crippen LogP) is -1.10. The predicted molar refractivity (Wildman–Crippen MR) is 66.2 cm³/mol. The van der Waals surface area contributed by atoms with Gasteiger partial charge in [-0.1, -0.05) is 6.58 Å². The molecule has 0 amide bonds. The first-order valence-electron chi connectivity index (χ1n) is 5.19. The van der Waals surface area contributed by atoms with Gasteiger partial charge in [0.15, 0.2) is 0 Å². The van der Waals surface area contributed by atoms with Crippen molar-refractivity contribution in [1.82, 2.24) is 9.13 Å². The summed E-state index contributed by atoms with van der Waals surface area (Å²) in [5.74, 6) is -1.17. The van der Waals surface area contributed by atoms with Crippen LogP contribution in [0.1, 0.15) is 12.0 Å².